The van der Waals surface area contributed by atoms with Crippen LogP contribution in [0.5, 0.6) is 0 Å². The lowest BCUT2D eigenvalue weighted by atomic mass is 10.2. The second-order valence-corrected chi connectivity index (χ2v) is 3.14. The molecule has 0 fully saturated rings. The van der Waals surface area contributed by atoms with Crippen LogP contribution >= 0.6 is 0 Å². The summed E-state index contributed by atoms with van der Waals surface area (Å²) in [7, 11) is 0. The highest BCUT2D eigenvalue weighted by atomic mass is 16.1. The maximum atomic E-state index is 11.5. The Labute approximate surface area is 91.3 Å². The number of carbonyl (C=O) groups excluding carboxylic acids is 1. The Kier molecular flexibility index (Phi) is 3.17. The van der Waals surface area contributed by atoms with E-state index < -0.39 is 0 Å². The van der Waals surface area contributed by atoms with Gasteiger partial charge >= 0.3 is 0 Å². The van der Waals surface area contributed by atoms with Crippen molar-refractivity contribution in [1.29, 1.82) is 0 Å². The lowest BCUT2D eigenvalue weighted by molar-refractivity contribution is -0.120. The predicted molar refractivity (Wildman–Crippen MR) is 54.0 cm³/mol. The molecule has 0 atom stereocenters. The third kappa shape index (κ3) is 2.84. The van der Waals surface area contributed by atoms with Crippen LogP contribution in [-0.4, -0.2) is 31.5 Å². The Morgan fingerprint density at radius 3 is 2.88 bits per heavy atom. The van der Waals surface area contributed by atoms with Crippen LogP contribution < -0.4 is 5.32 Å². The van der Waals surface area contributed by atoms with Crippen LogP contribution in [0.3, 0.4) is 0 Å². The van der Waals surface area contributed by atoms with Crippen molar-refractivity contribution in [2.75, 3.05) is 0 Å². The molecule has 2 heterocycles. The SMILES string of the molecule is O=C(Cc1ccncc1)NCc1nn[nH]n1. The van der Waals surface area contributed by atoms with Crippen molar-refractivity contribution >= 4 is 5.91 Å². The lowest BCUT2D eigenvalue weighted by Crippen LogP contribution is -2.25. The molecule has 7 heteroatoms. The number of amides is 1. The molecule has 1 amide bonds. The van der Waals surface area contributed by atoms with Gasteiger partial charge in [-0.2, -0.15) is 5.21 Å². The number of aromatic amines is 1. The minimum atomic E-state index is -0.0870. The fourth-order valence-corrected chi connectivity index (χ4v) is 1.18. The summed E-state index contributed by atoms with van der Waals surface area (Å²) < 4.78 is 0. The Hall–Kier alpha value is -2.31. The highest BCUT2D eigenvalue weighted by Crippen LogP contribution is 1.97. The Balaban J connectivity index is 1.81. The number of rotatable bonds is 4. The van der Waals surface area contributed by atoms with Gasteiger partial charge in [0.15, 0.2) is 5.82 Å². The van der Waals surface area contributed by atoms with E-state index in [0.29, 0.717) is 12.2 Å². The molecule has 0 saturated heterocycles. The molecule has 0 radical (unpaired) electrons. The normalized spacial score (nSPS) is 10.0. The van der Waals surface area contributed by atoms with Gasteiger partial charge in [0, 0.05) is 12.4 Å². The summed E-state index contributed by atoms with van der Waals surface area (Å²) in [5.74, 6) is 0.374. The first-order chi connectivity index (χ1) is 7.84. The van der Waals surface area contributed by atoms with Gasteiger partial charge < -0.3 is 5.32 Å². The predicted octanol–water partition coefficient (Wildman–Crippen LogP) is -0.546. The molecule has 82 valence electrons. The third-order valence-electron chi connectivity index (χ3n) is 1.95. The van der Waals surface area contributed by atoms with E-state index in [9.17, 15) is 4.79 Å². The van der Waals surface area contributed by atoms with Crippen LogP contribution in [0.15, 0.2) is 24.5 Å². The number of H-pyrrole nitrogens is 1. The fraction of sp³-hybridized carbons (Fsp3) is 0.222. The molecule has 0 unspecified atom stereocenters. The smallest absolute Gasteiger partial charge is 0.224 e. The quantitative estimate of drug-likeness (QED) is 0.718. The minimum Gasteiger partial charge on any atom is -0.348 e. The Bertz CT molecular complexity index is 440. The van der Waals surface area contributed by atoms with Crippen molar-refractivity contribution in [3.05, 3.63) is 35.9 Å². The molecular formula is C9H10N6O. The average Bonchev–Trinajstić information content (AvgIpc) is 2.81. The van der Waals surface area contributed by atoms with Crippen LogP contribution in [0, 0.1) is 0 Å². The van der Waals surface area contributed by atoms with Crippen LogP contribution in [0.1, 0.15) is 11.4 Å². The molecule has 0 saturated carbocycles. The lowest BCUT2D eigenvalue weighted by Gasteiger charge is -2.01. The summed E-state index contributed by atoms with van der Waals surface area (Å²) in [5.41, 5.74) is 0.917. The van der Waals surface area contributed by atoms with Gasteiger partial charge in [-0.15, -0.1) is 10.2 Å². The maximum Gasteiger partial charge on any atom is 0.224 e. The van der Waals surface area contributed by atoms with Crippen molar-refractivity contribution in [1.82, 2.24) is 30.9 Å². The van der Waals surface area contributed by atoms with Gasteiger partial charge in [-0.05, 0) is 17.7 Å². The van der Waals surface area contributed by atoms with Crippen LogP contribution in [-0.2, 0) is 17.8 Å². The standard InChI is InChI=1S/C9H10N6O/c16-9(5-7-1-3-10-4-2-7)11-6-8-12-14-15-13-8/h1-4H,5-6H2,(H,11,16)(H,12,13,14,15). The summed E-state index contributed by atoms with van der Waals surface area (Å²) in [6.45, 7) is 0.278. The molecule has 2 rings (SSSR count). The molecule has 16 heavy (non-hydrogen) atoms. The number of carbonyl (C=O) groups is 1. The molecule has 0 aliphatic heterocycles. The first-order valence-electron chi connectivity index (χ1n) is 4.72. The number of pyridine rings is 1. The number of nitrogens with zero attached hydrogens (tertiary/aromatic N) is 4. The fourth-order valence-electron chi connectivity index (χ4n) is 1.18. The molecule has 2 aromatic rings. The van der Waals surface area contributed by atoms with E-state index in [2.05, 4.69) is 30.9 Å². The molecule has 0 spiro atoms. The van der Waals surface area contributed by atoms with Gasteiger partial charge in [-0.1, -0.05) is 5.21 Å². The van der Waals surface area contributed by atoms with Crippen molar-refractivity contribution in [3.63, 3.8) is 0 Å². The minimum absolute atomic E-state index is 0.0870. The highest BCUT2D eigenvalue weighted by Gasteiger charge is 2.04. The molecular weight excluding hydrogens is 208 g/mol. The number of nitrogens with one attached hydrogen (secondary N) is 2. The van der Waals surface area contributed by atoms with E-state index in [4.69, 9.17) is 0 Å². The first-order valence-corrected chi connectivity index (χ1v) is 4.72. The molecule has 0 aliphatic rings. The van der Waals surface area contributed by atoms with E-state index in [1.54, 1.807) is 24.5 Å². The molecule has 0 aliphatic carbocycles. The summed E-state index contributed by atoms with van der Waals surface area (Å²) in [4.78, 5) is 15.4. The summed E-state index contributed by atoms with van der Waals surface area (Å²) in [6.07, 6.45) is 3.63. The Morgan fingerprint density at radius 1 is 1.38 bits per heavy atom. The van der Waals surface area contributed by atoms with Gasteiger partial charge in [0.25, 0.3) is 0 Å². The second-order valence-electron chi connectivity index (χ2n) is 3.14. The van der Waals surface area contributed by atoms with E-state index >= 15 is 0 Å². The monoisotopic (exact) mass is 218 g/mol. The first kappa shape index (κ1) is 10.2. The zero-order valence-corrected chi connectivity index (χ0v) is 8.42. The molecule has 0 bridgehead atoms. The van der Waals surface area contributed by atoms with Crippen molar-refractivity contribution in [2.24, 2.45) is 0 Å². The highest BCUT2D eigenvalue weighted by molar-refractivity contribution is 5.78. The zero-order chi connectivity index (χ0) is 11.2. The van der Waals surface area contributed by atoms with Gasteiger partial charge in [-0.3, -0.25) is 9.78 Å². The van der Waals surface area contributed by atoms with E-state index in [0.717, 1.165) is 5.56 Å². The molecule has 7 nitrogen and oxygen atoms in total. The topological polar surface area (TPSA) is 96.5 Å². The number of hydrogen-bond donors (Lipinski definition) is 2. The third-order valence-corrected chi connectivity index (χ3v) is 1.95. The van der Waals surface area contributed by atoms with Gasteiger partial charge in [-0.25, -0.2) is 0 Å². The van der Waals surface area contributed by atoms with E-state index in [1.165, 1.54) is 0 Å². The molecule has 0 aromatic carbocycles. The van der Waals surface area contributed by atoms with Gasteiger partial charge in [0.1, 0.15) is 0 Å². The van der Waals surface area contributed by atoms with Crippen LogP contribution in [0.2, 0.25) is 0 Å². The van der Waals surface area contributed by atoms with Gasteiger partial charge in [0.2, 0.25) is 5.91 Å². The van der Waals surface area contributed by atoms with Crippen molar-refractivity contribution in [3.8, 4) is 0 Å². The van der Waals surface area contributed by atoms with Crippen molar-refractivity contribution < 1.29 is 4.79 Å². The van der Waals surface area contributed by atoms with Crippen LogP contribution in [0.4, 0.5) is 0 Å². The maximum absolute atomic E-state index is 11.5. The summed E-state index contributed by atoms with van der Waals surface area (Å²) in [5, 5.41) is 15.8. The molecule has 2 aromatic heterocycles. The summed E-state index contributed by atoms with van der Waals surface area (Å²) >= 11 is 0. The second kappa shape index (κ2) is 4.96. The number of tetrazole rings is 1. The molecule has 2 N–H and O–H groups in total. The largest absolute Gasteiger partial charge is 0.348 e. The number of aromatic nitrogens is 5. The number of hydrogen-bond acceptors (Lipinski definition) is 5. The zero-order valence-electron chi connectivity index (χ0n) is 8.42. The Morgan fingerprint density at radius 2 is 2.19 bits per heavy atom. The average molecular weight is 218 g/mol. The summed E-state index contributed by atoms with van der Waals surface area (Å²) in [6, 6.07) is 3.60. The van der Waals surface area contributed by atoms with Gasteiger partial charge in [0.05, 0.1) is 13.0 Å². The van der Waals surface area contributed by atoms with Crippen molar-refractivity contribution in [2.45, 2.75) is 13.0 Å². The van der Waals surface area contributed by atoms with E-state index in [-0.39, 0.29) is 12.5 Å². The van der Waals surface area contributed by atoms with E-state index in [1.807, 2.05) is 0 Å². The van der Waals surface area contributed by atoms with Crippen LogP contribution in [0.25, 0.3) is 0 Å².